The van der Waals surface area contributed by atoms with Crippen LogP contribution in [0, 0.1) is 5.92 Å². The van der Waals surface area contributed by atoms with Crippen molar-refractivity contribution in [2.75, 3.05) is 3.11 Å². The maximum Gasteiger partial charge on any atom is 0.198 e. The Morgan fingerprint density at radius 2 is 2.00 bits per heavy atom. The summed E-state index contributed by atoms with van der Waals surface area (Å²) in [4.78, 5) is 13.4. The summed E-state index contributed by atoms with van der Waals surface area (Å²) < 4.78 is 2.30. The van der Waals surface area contributed by atoms with E-state index in [1.54, 1.807) is 0 Å². The average Bonchev–Trinajstić information content (AvgIpc) is 2.48. The molecule has 3 rings (SSSR count). The largest absolute Gasteiger partial charge is 0.310 e. The minimum absolute atomic E-state index is 0.220. The molecule has 90 valence electrons. The van der Waals surface area contributed by atoms with Gasteiger partial charge in [0.25, 0.3) is 0 Å². The number of fused-ring (bicyclic) bond motifs is 2. The summed E-state index contributed by atoms with van der Waals surface area (Å²) >= 11 is 3.82. The first-order chi connectivity index (χ1) is 8.27. The van der Waals surface area contributed by atoms with Gasteiger partial charge < -0.3 is 3.11 Å². The number of benzene rings is 1. The number of rotatable bonds is 0. The van der Waals surface area contributed by atoms with E-state index >= 15 is 0 Å². The molecule has 1 heterocycles. The maximum absolute atomic E-state index is 12.3. The Morgan fingerprint density at radius 1 is 1.24 bits per heavy atom. The lowest BCUT2D eigenvalue weighted by molar-refractivity contribution is -0.115. The topological polar surface area (TPSA) is 20.3 Å². The number of hydrogen-bond acceptors (Lipinski definition) is 3. The van der Waals surface area contributed by atoms with Gasteiger partial charge in [0.1, 0.15) is 0 Å². The fourth-order valence-corrected chi connectivity index (χ4v) is 5.05. The Kier molecular flexibility index (Phi) is 3.34. The van der Waals surface area contributed by atoms with Crippen molar-refractivity contribution in [2.24, 2.45) is 5.92 Å². The molecule has 2 unspecified atom stereocenters. The van der Waals surface area contributed by atoms with Gasteiger partial charge in [-0.1, -0.05) is 25.0 Å². The number of para-hydroxylation sites is 1. The predicted molar refractivity (Wildman–Crippen MR) is 79.6 cm³/mol. The fraction of sp³-hybridized carbons (Fsp3) is 0.462. The zero-order valence-electron chi connectivity index (χ0n) is 9.43. The Bertz CT molecular complexity index is 451. The van der Waals surface area contributed by atoms with Crippen LogP contribution in [0.1, 0.15) is 25.7 Å². The highest BCUT2D eigenvalue weighted by atomic mass is 127. The van der Waals surface area contributed by atoms with E-state index in [4.69, 9.17) is 0 Å². The lowest BCUT2D eigenvalue weighted by Crippen LogP contribution is -2.38. The molecule has 2 atom stereocenters. The number of nitrogens with zero attached hydrogens (tertiary/aromatic N) is 1. The van der Waals surface area contributed by atoms with E-state index in [0.717, 1.165) is 17.7 Å². The molecule has 0 saturated heterocycles. The van der Waals surface area contributed by atoms with Crippen molar-refractivity contribution in [3.63, 3.8) is 0 Å². The van der Waals surface area contributed by atoms with Crippen LogP contribution in [0.2, 0.25) is 0 Å². The summed E-state index contributed by atoms with van der Waals surface area (Å²) in [5.74, 6) is 0.220. The van der Waals surface area contributed by atoms with Gasteiger partial charge in [-0.2, -0.15) is 0 Å². The molecule has 0 bridgehead atoms. The summed E-state index contributed by atoms with van der Waals surface area (Å²) in [6.07, 6.45) is 4.66. The van der Waals surface area contributed by atoms with Crippen LogP contribution in [0.5, 0.6) is 0 Å². The van der Waals surface area contributed by atoms with Crippen molar-refractivity contribution in [1.82, 2.24) is 0 Å². The Balaban J connectivity index is 2.04. The molecule has 1 saturated carbocycles. The Morgan fingerprint density at radius 3 is 2.88 bits per heavy atom. The number of hydrogen-bond donors (Lipinski definition) is 0. The SMILES string of the molecule is O=C1Sc2ccccc2N(I)C2CCCCC12. The van der Waals surface area contributed by atoms with Gasteiger partial charge in [-0.15, -0.1) is 0 Å². The first-order valence-corrected chi connectivity index (χ1v) is 7.81. The molecule has 0 aromatic heterocycles. The van der Waals surface area contributed by atoms with Crippen molar-refractivity contribution < 1.29 is 4.79 Å². The number of halogens is 1. The van der Waals surface area contributed by atoms with Crippen molar-refractivity contribution in [2.45, 2.75) is 36.6 Å². The molecule has 4 heteroatoms. The van der Waals surface area contributed by atoms with E-state index in [2.05, 4.69) is 44.2 Å². The predicted octanol–water partition coefficient (Wildman–Crippen LogP) is 4.03. The van der Waals surface area contributed by atoms with Crippen molar-refractivity contribution in [3.05, 3.63) is 24.3 Å². The smallest absolute Gasteiger partial charge is 0.198 e. The molecular formula is C13H14INOS. The van der Waals surface area contributed by atoms with Gasteiger partial charge in [-0.3, -0.25) is 4.79 Å². The number of carbonyl (C=O) groups is 1. The normalized spacial score (nSPS) is 28.3. The van der Waals surface area contributed by atoms with Crippen LogP contribution >= 0.6 is 34.6 Å². The lowest BCUT2D eigenvalue weighted by Gasteiger charge is -2.34. The summed E-state index contributed by atoms with van der Waals surface area (Å²) in [6, 6.07) is 8.64. The molecule has 1 aliphatic heterocycles. The molecule has 1 aromatic rings. The summed E-state index contributed by atoms with van der Waals surface area (Å²) in [6.45, 7) is 0. The zero-order valence-corrected chi connectivity index (χ0v) is 12.4. The molecule has 0 N–H and O–H groups in total. The van der Waals surface area contributed by atoms with Crippen LogP contribution in [0.3, 0.4) is 0 Å². The van der Waals surface area contributed by atoms with Crippen LogP contribution in [0.25, 0.3) is 0 Å². The molecular weight excluding hydrogens is 345 g/mol. The van der Waals surface area contributed by atoms with Crippen molar-refractivity contribution in [1.29, 1.82) is 0 Å². The molecule has 2 aliphatic rings. The summed E-state index contributed by atoms with van der Waals surface area (Å²) in [5.41, 5.74) is 1.21. The first kappa shape index (κ1) is 11.8. The second kappa shape index (κ2) is 4.80. The van der Waals surface area contributed by atoms with Gasteiger partial charge in [0.2, 0.25) is 0 Å². The highest BCUT2D eigenvalue weighted by Crippen LogP contribution is 2.45. The number of thioether (sulfide) groups is 1. The van der Waals surface area contributed by atoms with E-state index in [1.807, 2.05) is 6.07 Å². The second-order valence-corrected chi connectivity index (χ2v) is 6.74. The van der Waals surface area contributed by atoms with Gasteiger partial charge in [-0.25, -0.2) is 0 Å². The maximum atomic E-state index is 12.3. The lowest BCUT2D eigenvalue weighted by atomic mass is 9.85. The number of anilines is 1. The second-order valence-electron chi connectivity index (χ2n) is 4.66. The monoisotopic (exact) mass is 359 g/mol. The highest BCUT2D eigenvalue weighted by Gasteiger charge is 2.38. The van der Waals surface area contributed by atoms with E-state index in [1.165, 1.54) is 30.3 Å². The molecule has 0 spiro atoms. The molecule has 0 radical (unpaired) electrons. The van der Waals surface area contributed by atoms with Gasteiger partial charge in [0, 0.05) is 16.9 Å². The number of carbonyl (C=O) groups excluding carboxylic acids is 1. The van der Waals surface area contributed by atoms with Crippen LogP contribution in [-0.4, -0.2) is 11.2 Å². The molecule has 2 nitrogen and oxygen atoms in total. The molecule has 1 fully saturated rings. The molecule has 0 amide bonds. The van der Waals surface area contributed by atoms with E-state index in [9.17, 15) is 4.79 Å². The average molecular weight is 359 g/mol. The summed E-state index contributed by atoms with van der Waals surface area (Å²) in [7, 11) is 0. The fourth-order valence-electron chi connectivity index (χ4n) is 2.74. The van der Waals surface area contributed by atoms with E-state index < -0.39 is 0 Å². The van der Waals surface area contributed by atoms with E-state index in [0.29, 0.717) is 11.2 Å². The van der Waals surface area contributed by atoms with Gasteiger partial charge in [0.15, 0.2) is 5.12 Å². The van der Waals surface area contributed by atoms with Crippen molar-refractivity contribution >= 4 is 45.4 Å². The standard InChI is InChI=1S/C13H14INOS/c14-15-10-6-2-1-5-9(10)13(16)17-12-8-4-3-7-11(12)15/h3-4,7-10H,1-2,5-6H2. The van der Waals surface area contributed by atoms with Gasteiger partial charge in [0.05, 0.1) is 28.6 Å². The third-order valence-electron chi connectivity index (χ3n) is 3.63. The van der Waals surface area contributed by atoms with Crippen LogP contribution < -0.4 is 3.11 Å². The molecule has 1 aromatic carbocycles. The van der Waals surface area contributed by atoms with Crippen molar-refractivity contribution in [3.8, 4) is 0 Å². The highest BCUT2D eigenvalue weighted by molar-refractivity contribution is 14.1. The summed E-state index contributed by atoms with van der Waals surface area (Å²) in [5, 5.41) is 0.362. The van der Waals surface area contributed by atoms with Gasteiger partial charge >= 0.3 is 0 Å². The van der Waals surface area contributed by atoms with Gasteiger partial charge in [-0.05, 0) is 36.7 Å². The zero-order chi connectivity index (χ0) is 11.8. The molecule has 1 aliphatic carbocycles. The Hall–Kier alpha value is -0.230. The third-order valence-corrected chi connectivity index (χ3v) is 5.93. The van der Waals surface area contributed by atoms with Crippen LogP contribution in [-0.2, 0) is 4.79 Å². The van der Waals surface area contributed by atoms with E-state index in [-0.39, 0.29) is 5.92 Å². The minimum Gasteiger partial charge on any atom is -0.310 e. The molecule has 17 heavy (non-hydrogen) atoms. The quantitative estimate of drug-likeness (QED) is 0.515. The third kappa shape index (κ3) is 2.10. The first-order valence-electron chi connectivity index (χ1n) is 6.03. The Labute approximate surface area is 120 Å². The van der Waals surface area contributed by atoms with Crippen LogP contribution in [0.15, 0.2) is 29.2 Å². The van der Waals surface area contributed by atoms with Crippen LogP contribution in [0.4, 0.5) is 5.69 Å². The minimum atomic E-state index is 0.220.